The van der Waals surface area contributed by atoms with Crippen molar-refractivity contribution in [2.75, 3.05) is 12.4 Å². The number of hydrogen-bond acceptors (Lipinski definition) is 3. The van der Waals surface area contributed by atoms with Crippen LogP contribution in [0.2, 0.25) is 0 Å². The Kier molecular flexibility index (Phi) is 8.07. The molecule has 0 saturated carbocycles. The minimum atomic E-state index is -0.321. The second-order valence-corrected chi connectivity index (χ2v) is 3.59. The van der Waals surface area contributed by atoms with Crippen LogP contribution in [0.15, 0.2) is 0 Å². The van der Waals surface area contributed by atoms with Gasteiger partial charge in [-0.05, 0) is 6.42 Å². The first kappa shape index (κ1) is 11.0. The minimum absolute atomic E-state index is 0.110. The third kappa shape index (κ3) is 7.88. The molecule has 1 N–H and O–H groups in total. The first-order valence-corrected chi connectivity index (χ1v) is 5.06. The zero-order chi connectivity index (χ0) is 8.53. The van der Waals surface area contributed by atoms with E-state index in [9.17, 15) is 4.79 Å². The summed E-state index contributed by atoms with van der Waals surface area (Å²) in [6.45, 7) is 1.84. The maximum Gasteiger partial charge on any atom is 0.214 e. The summed E-state index contributed by atoms with van der Waals surface area (Å²) in [7, 11) is 0. The van der Waals surface area contributed by atoms with Gasteiger partial charge in [-0.15, -0.1) is 0 Å². The van der Waals surface area contributed by atoms with Crippen LogP contribution in [0.1, 0.15) is 32.6 Å². The quantitative estimate of drug-likeness (QED) is 0.627. The van der Waals surface area contributed by atoms with Crippen LogP contribution in [0, 0.1) is 0 Å². The lowest BCUT2D eigenvalue weighted by atomic mass is 10.2. The van der Waals surface area contributed by atoms with Gasteiger partial charge in [0.1, 0.15) is 6.61 Å². The summed E-state index contributed by atoms with van der Waals surface area (Å²) in [6, 6.07) is 0. The second-order valence-electron chi connectivity index (χ2n) is 2.44. The fraction of sp³-hybridized carbons (Fsp3) is 0.875. The number of carbonyl (C=O) groups is 1. The standard InChI is InChI=1S/C8H16O2S/c1-2-3-4-5-6-11-8(10)7-9/h9H,2-7H2,1H3. The first-order valence-electron chi connectivity index (χ1n) is 4.07. The van der Waals surface area contributed by atoms with Crippen LogP contribution in [0.4, 0.5) is 0 Å². The Hall–Kier alpha value is -0.0200. The van der Waals surface area contributed by atoms with Gasteiger partial charge in [-0.25, -0.2) is 0 Å². The van der Waals surface area contributed by atoms with Gasteiger partial charge in [0.25, 0.3) is 0 Å². The molecule has 0 radical (unpaired) electrons. The average molecular weight is 176 g/mol. The Bertz CT molecular complexity index is 104. The van der Waals surface area contributed by atoms with E-state index in [1.165, 1.54) is 31.0 Å². The second kappa shape index (κ2) is 8.08. The Morgan fingerprint density at radius 1 is 1.36 bits per heavy atom. The maximum absolute atomic E-state index is 10.6. The molecular weight excluding hydrogens is 160 g/mol. The lowest BCUT2D eigenvalue weighted by Crippen LogP contribution is -1.98. The van der Waals surface area contributed by atoms with Crippen LogP contribution in [-0.2, 0) is 4.79 Å². The predicted octanol–water partition coefficient (Wildman–Crippen LogP) is 1.82. The SMILES string of the molecule is CCCCCCSC(=O)CO. The third-order valence-corrected chi connectivity index (χ3v) is 2.33. The molecule has 0 aliphatic carbocycles. The van der Waals surface area contributed by atoms with Crippen molar-refractivity contribution in [3.8, 4) is 0 Å². The molecule has 0 aromatic heterocycles. The van der Waals surface area contributed by atoms with E-state index in [0.29, 0.717) is 0 Å². The van der Waals surface area contributed by atoms with Crippen LogP contribution in [0.3, 0.4) is 0 Å². The van der Waals surface area contributed by atoms with Crippen LogP contribution in [0.25, 0.3) is 0 Å². The summed E-state index contributed by atoms with van der Waals surface area (Å²) in [5, 5.41) is 8.26. The number of thioether (sulfide) groups is 1. The van der Waals surface area contributed by atoms with Crippen molar-refractivity contribution in [3.05, 3.63) is 0 Å². The summed E-state index contributed by atoms with van der Waals surface area (Å²) in [5.41, 5.74) is 0. The third-order valence-electron chi connectivity index (χ3n) is 1.39. The molecule has 2 nitrogen and oxygen atoms in total. The molecule has 0 atom stereocenters. The van der Waals surface area contributed by atoms with E-state index in [1.54, 1.807) is 0 Å². The van der Waals surface area contributed by atoms with Crippen LogP contribution in [-0.4, -0.2) is 22.6 Å². The highest BCUT2D eigenvalue weighted by Crippen LogP contribution is 2.07. The van der Waals surface area contributed by atoms with E-state index in [1.807, 2.05) is 0 Å². The smallest absolute Gasteiger partial charge is 0.214 e. The van der Waals surface area contributed by atoms with E-state index in [0.717, 1.165) is 12.2 Å². The Labute approximate surface area is 72.4 Å². The van der Waals surface area contributed by atoms with Gasteiger partial charge in [0.05, 0.1) is 0 Å². The van der Waals surface area contributed by atoms with E-state index >= 15 is 0 Å². The molecule has 0 rings (SSSR count). The zero-order valence-corrected chi connectivity index (χ0v) is 7.82. The lowest BCUT2D eigenvalue weighted by Gasteiger charge is -1.97. The van der Waals surface area contributed by atoms with Gasteiger partial charge in [0.2, 0.25) is 5.12 Å². The van der Waals surface area contributed by atoms with E-state index in [-0.39, 0.29) is 11.7 Å². The summed E-state index contributed by atoms with van der Waals surface area (Å²) in [6.07, 6.45) is 4.75. The molecule has 0 aliphatic rings. The fourth-order valence-corrected chi connectivity index (χ4v) is 1.43. The van der Waals surface area contributed by atoms with Gasteiger partial charge in [0.15, 0.2) is 0 Å². The number of hydrogen-bond donors (Lipinski definition) is 1. The normalized spacial score (nSPS) is 10.0. The number of unbranched alkanes of at least 4 members (excludes halogenated alkanes) is 3. The van der Waals surface area contributed by atoms with Crippen LogP contribution in [0.5, 0.6) is 0 Å². The first-order chi connectivity index (χ1) is 5.31. The van der Waals surface area contributed by atoms with Crippen LogP contribution >= 0.6 is 11.8 Å². The van der Waals surface area contributed by atoms with Gasteiger partial charge < -0.3 is 5.11 Å². The maximum atomic E-state index is 10.6. The van der Waals surface area contributed by atoms with E-state index in [2.05, 4.69) is 6.92 Å². The van der Waals surface area contributed by atoms with Gasteiger partial charge in [-0.2, -0.15) is 0 Å². The van der Waals surface area contributed by atoms with Crippen LogP contribution < -0.4 is 0 Å². The molecule has 3 heteroatoms. The van der Waals surface area contributed by atoms with Crippen molar-refractivity contribution < 1.29 is 9.90 Å². The molecule has 0 aliphatic heterocycles. The Morgan fingerprint density at radius 3 is 2.64 bits per heavy atom. The van der Waals surface area contributed by atoms with Gasteiger partial charge in [-0.1, -0.05) is 37.9 Å². The van der Waals surface area contributed by atoms with Gasteiger partial charge in [-0.3, -0.25) is 4.79 Å². The number of aliphatic hydroxyl groups is 1. The molecular formula is C8H16O2S. The molecule has 0 aromatic carbocycles. The van der Waals surface area contributed by atoms with Crippen molar-refractivity contribution in [2.24, 2.45) is 0 Å². The number of rotatable bonds is 6. The van der Waals surface area contributed by atoms with E-state index in [4.69, 9.17) is 5.11 Å². The van der Waals surface area contributed by atoms with E-state index < -0.39 is 0 Å². The Balaban J connectivity index is 2.95. The van der Waals surface area contributed by atoms with Crippen molar-refractivity contribution in [2.45, 2.75) is 32.6 Å². The molecule has 0 spiro atoms. The predicted molar refractivity (Wildman–Crippen MR) is 48.7 cm³/mol. The molecule has 0 unspecified atom stereocenters. The van der Waals surface area contributed by atoms with Crippen molar-refractivity contribution in [3.63, 3.8) is 0 Å². The topological polar surface area (TPSA) is 37.3 Å². The highest BCUT2D eigenvalue weighted by molar-refractivity contribution is 8.13. The summed E-state index contributed by atoms with van der Waals surface area (Å²) in [5.74, 6) is 0.861. The fourth-order valence-electron chi connectivity index (χ4n) is 0.760. The Morgan fingerprint density at radius 2 is 2.09 bits per heavy atom. The molecule has 0 fully saturated rings. The van der Waals surface area contributed by atoms with Crippen molar-refractivity contribution in [1.29, 1.82) is 0 Å². The average Bonchev–Trinajstić information content (AvgIpc) is 2.04. The zero-order valence-electron chi connectivity index (χ0n) is 7.01. The molecule has 0 heterocycles. The molecule has 11 heavy (non-hydrogen) atoms. The summed E-state index contributed by atoms with van der Waals surface area (Å²) in [4.78, 5) is 10.6. The molecule has 0 saturated heterocycles. The lowest BCUT2D eigenvalue weighted by molar-refractivity contribution is -0.113. The molecule has 66 valence electrons. The largest absolute Gasteiger partial charge is 0.388 e. The van der Waals surface area contributed by atoms with Crippen molar-refractivity contribution >= 4 is 16.9 Å². The molecule has 0 amide bonds. The minimum Gasteiger partial charge on any atom is -0.388 e. The highest BCUT2D eigenvalue weighted by Gasteiger charge is 1.98. The summed E-state index contributed by atoms with van der Waals surface area (Å²) >= 11 is 1.24. The molecule has 0 aromatic rings. The van der Waals surface area contributed by atoms with Gasteiger partial charge in [0, 0.05) is 5.75 Å². The van der Waals surface area contributed by atoms with Crippen molar-refractivity contribution in [1.82, 2.24) is 0 Å². The number of aliphatic hydroxyl groups excluding tert-OH is 1. The van der Waals surface area contributed by atoms with Gasteiger partial charge >= 0.3 is 0 Å². The summed E-state index contributed by atoms with van der Waals surface area (Å²) < 4.78 is 0. The molecule has 0 bridgehead atoms. The number of carbonyl (C=O) groups excluding carboxylic acids is 1. The highest BCUT2D eigenvalue weighted by atomic mass is 32.2. The monoisotopic (exact) mass is 176 g/mol.